The van der Waals surface area contributed by atoms with E-state index < -0.39 is 5.91 Å². The van der Waals surface area contributed by atoms with Crippen LogP contribution in [0.2, 0.25) is 0 Å². The molecule has 0 atom stereocenters. The van der Waals surface area contributed by atoms with Gasteiger partial charge in [-0.3, -0.25) is 9.59 Å². The minimum atomic E-state index is -0.493. The second kappa shape index (κ2) is 5.53. The SMILES string of the molecule is NC(=O)c1ccc(N)nc1.O=CO. The number of hydrogen-bond donors (Lipinski definition) is 3. The Kier molecular flexibility index (Phi) is 4.63. The number of rotatable bonds is 1. The van der Waals surface area contributed by atoms with Crippen molar-refractivity contribution in [2.24, 2.45) is 5.73 Å². The number of carbonyl (C=O) groups is 2. The second-order valence-corrected chi connectivity index (χ2v) is 1.94. The van der Waals surface area contributed by atoms with Crippen molar-refractivity contribution in [3.05, 3.63) is 23.9 Å². The molecule has 0 aliphatic carbocycles. The van der Waals surface area contributed by atoms with Crippen LogP contribution in [-0.4, -0.2) is 22.5 Å². The van der Waals surface area contributed by atoms with Gasteiger partial charge in [-0.25, -0.2) is 4.98 Å². The number of aromatic nitrogens is 1. The van der Waals surface area contributed by atoms with E-state index >= 15 is 0 Å². The topological polar surface area (TPSA) is 119 Å². The van der Waals surface area contributed by atoms with Gasteiger partial charge in [-0.1, -0.05) is 0 Å². The number of nitrogen functional groups attached to an aromatic ring is 1. The first kappa shape index (κ1) is 10.9. The fraction of sp³-hybridized carbons (Fsp3) is 0. The molecule has 0 fully saturated rings. The zero-order valence-electron chi connectivity index (χ0n) is 6.68. The third-order valence-corrected chi connectivity index (χ3v) is 1.07. The smallest absolute Gasteiger partial charge is 0.290 e. The molecule has 5 N–H and O–H groups in total. The summed E-state index contributed by atoms with van der Waals surface area (Å²) in [5, 5.41) is 6.89. The number of anilines is 1. The van der Waals surface area contributed by atoms with Crippen molar-refractivity contribution >= 4 is 18.2 Å². The molecule has 0 spiro atoms. The van der Waals surface area contributed by atoms with Gasteiger partial charge >= 0.3 is 0 Å². The summed E-state index contributed by atoms with van der Waals surface area (Å²) < 4.78 is 0. The molecule has 1 aromatic heterocycles. The molecule has 0 bridgehead atoms. The number of carbonyl (C=O) groups excluding carboxylic acids is 1. The molecule has 0 saturated carbocycles. The first-order valence-corrected chi connectivity index (χ1v) is 3.21. The number of nitrogens with two attached hydrogens (primary N) is 2. The van der Waals surface area contributed by atoms with Crippen LogP contribution in [-0.2, 0) is 4.79 Å². The normalized spacial score (nSPS) is 8.00. The van der Waals surface area contributed by atoms with Crippen molar-refractivity contribution in [1.82, 2.24) is 4.98 Å². The van der Waals surface area contributed by atoms with Gasteiger partial charge < -0.3 is 16.6 Å². The lowest BCUT2D eigenvalue weighted by atomic mass is 10.3. The van der Waals surface area contributed by atoms with E-state index in [-0.39, 0.29) is 6.47 Å². The zero-order chi connectivity index (χ0) is 10.3. The first-order valence-electron chi connectivity index (χ1n) is 3.21. The van der Waals surface area contributed by atoms with E-state index in [0.717, 1.165) is 0 Å². The molecule has 1 aromatic rings. The summed E-state index contributed by atoms with van der Waals surface area (Å²) >= 11 is 0. The quantitative estimate of drug-likeness (QED) is 0.505. The number of nitrogens with zero attached hydrogens (tertiary/aromatic N) is 1. The molecule has 1 rings (SSSR count). The average Bonchev–Trinajstić information content (AvgIpc) is 2.06. The Bertz CT molecular complexity index is 284. The molecule has 0 unspecified atom stereocenters. The van der Waals surface area contributed by atoms with Crippen LogP contribution in [0.15, 0.2) is 18.3 Å². The molecule has 0 radical (unpaired) electrons. The monoisotopic (exact) mass is 183 g/mol. The third kappa shape index (κ3) is 4.35. The molecule has 1 heterocycles. The lowest BCUT2D eigenvalue weighted by Crippen LogP contribution is -2.11. The number of carboxylic acid groups (broad SMARTS) is 1. The molecular formula is C7H9N3O3. The predicted octanol–water partition coefficient (Wildman–Crippen LogP) is -0.537. The maximum atomic E-state index is 10.5. The average molecular weight is 183 g/mol. The van der Waals surface area contributed by atoms with Crippen LogP contribution in [0.25, 0.3) is 0 Å². The van der Waals surface area contributed by atoms with Crippen molar-refractivity contribution in [2.75, 3.05) is 5.73 Å². The summed E-state index contributed by atoms with van der Waals surface area (Å²) in [5.41, 5.74) is 10.6. The highest BCUT2D eigenvalue weighted by Crippen LogP contribution is 1.98. The van der Waals surface area contributed by atoms with Gasteiger partial charge in [0, 0.05) is 6.20 Å². The molecule has 1 amide bonds. The Labute approximate surface area is 74.2 Å². The first-order chi connectivity index (χ1) is 6.11. The van der Waals surface area contributed by atoms with E-state index in [0.29, 0.717) is 11.4 Å². The molecule has 0 aromatic carbocycles. The Morgan fingerprint density at radius 2 is 2.08 bits per heavy atom. The third-order valence-electron chi connectivity index (χ3n) is 1.07. The highest BCUT2D eigenvalue weighted by Gasteiger charge is 1.97. The van der Waals surface area contributed by atoms with Gasteiger partial charge in [0.15, 0.2) is 0 Å². The van der Waals surface area contributed by atoms with Crippen LogP contribution in [0.4, 0.5) is 5.82 Å². The van der Waals surface area contributed by atoms with Gasteiger partial charge in [-0.05, 0) is 12.1 Å². The second-order valence-electron chi connectivity index (χ2n) is 1.94. The maximum absolute atomic E-state index is 10.5. The highest BCUT2D eigenvalue weighted by molar-refractivity contribution is 5.92. The largest absolute Gasteiger partial charge is 0.483 e. The zero-order valence-corrected chi connectivity index (χ0v) is 6.68. The van der Waals surface area contributed by atoms with Crippen molar-refractivity contribution in [2.45, 2.75) is 0 Å². The molecule has 6 nitrogen and oxygen atoms in total. The van der Waals surface area contributed by atoms with E-state index in [2.05, 4.69) is 4.98 Å². The Morgan fingerprint density at radius 3 is 2.38 bits per heavy atom. The van der Waals surface area contributed by atoms with E-state index in [1.807, 2.05) is 0 Å². The van der Waals surface area contributed by atoms with Crippen molar-refractivity contribution in [3.8, 4) is 0 Å². The predicted molar refractivity (Wildman–Crippen MR) is 45.9 cm³/mol. The summed E-state index contributed by atoms with van der Waals surface area (Å²) in [6.45, 7) is -0.250. The van der Waals surface area contributed by atoms with E-state index in [1.54, 1.807) is 0 Å². The molecule has 70 valence electrons. The number of amides is 1. The number of primary amides is 1. The van der Waals surface area contributed by atoms with Crippen molar-refractivity contribution in [3.63, 3.8) is 0 Å². The Morgan fingerprint density at radius 1 is 1.54 bits per heavy atom. The van der Waals surface area contributed by atoms with Crippen LogP contribution in [0, 0.1) is 0 Å². The lowest BCUT2D eigenvalue weighted by molar-refractivity contribution is -0.122. The van der Waals surface area contributed by atoms with E-state index in [9.17, 15) is 4.79 Å². The molecule has 6 heteroatoms. The van der Waals surface area contributed by atoms with Crippen LogP contribution in [0.1, 0.15) is 10.4 Å². The highest BCUT2D eigenvalue weighted by atomic mass is 16.3. The molecule has 0 aliphatic heterocycles. The Balaban J connectivity index is 0.000000424. The number of hydrogen-bond acceptors (Lipinski definition) is 4. The van der Waals surface area contributed by atoms with Gasteiger partial charge in [0.1, 0.15) is 5.82 Å². The summed E-state index contributed by atoms with van der Waals surface area (Å²) in [4.78, 5) is 22.5. The van der Waals surface area contributed by atoms with Crippen LogP contribution >= 0.6 is 0 Å². The molecule has 0 aliphatic rings. The fourth-order valence-electron chi connectivity index (χ4n) is 0.551. The minimum absolute atomic E-state index is 0.250. The van der Waals surface area contributed by atoms with Crippen molar-refractivity contribution in [1.29, 1.82) is 0 Å². The van der Waals surface area contributed by atoms with Gasteiger partial charge in [-0.15, -0.1) is 0 Å². The summed E-state index contributed by atoms with van der Waals surface area (Å²) in [5.74, 6) is -0.113. The molecule has 13 heavy (non-hydrogen) atoms. The van der Waals surface area contributed by atoms with Crippen LogP contribution < -0.4 is 11.5 Å². The lowest BCUT2D eigenvalue weighted by Gasteiger charge is -1.93. The van der Waals surface area contributed by atoms with Gasteiger partial charge in [0.25, 0.3) is 6.47 Å². The fourth-order valence-corrected chi connectivity index (χ4v) is 0.551. The van der Waals surface area contributed by atoms with Crippen LogP contribution in [0.5, 0.6) is 0 Å². The summed E-state index contributed by atoms with van der Waals surface area (Å²) in [6, 6.07) is 3.06. The minimum Gasteiger partial charge on any atom is -0.483 e. The van der Waals surface area contributed by atoms with Crippen molar-refractivity contribution < 1.29 is 14.7 Å². The number of pyridine rings is 1. The van der Waals surface area contributed by atoms with Gasteiger partial charge in [0.2, 0.25) is 5.91 Å². The standard InChI is InChI=1S/C6H7N3O.CH2O2/c7-5-2-1-4(3-9-5)6(8)10;2-1-3/h1-3H,(H2,7,9)(H2,8,10);1H,(H,2,3). The van der Waals surface area contributed by atoms with Crippen LogP contribution in [0.3, 0.4) is 0 Å². The maximum Gasteiger partial charge on any atom is 0.290 e. The summed E-state index contributed by atoms with van der Waals surface area (Å²) in [7, 11) is 0. The summed E-state index contributed by atoms with van der Waals surface area (Å²) in [6.07, 6.45) is 1.34. The van der Waals surface area contributed by atoms with Gasteiger partial charge in [-0.2, -0.15) is 0 Å². The molecule has 0 saturated heterocycles. The van der Waals surface area contributed by atoms with Gasteiger partial charge in [0.05, 0.1) is 5.56 Å². The van der Waals surface area contributed by atoms with E-state index in [4.69, 9.17) is 21.4 Å². The molecular weight excluding hydrogens is 174 g/mol. The van der Waals surface area contributed by atoms with E-state index in [1.165, 1.54) is 18.3 Å². The Hall–Kier alpha value is -2.11.